The molecule has 2 atom stereocenters. The SMILES string of the molecule is O=[N+]([O-])c1ccc(-c2csc(N3N=C4/C(=C/c5ccc(Cl)cc5)CCC[C@@H]4[C@@H]3c3ccc(Cl)cc3)n2)cc1. The van der Waals surface area contributed by atoms with Gasteiger partial charge < -0.3 is 0 Å². The van der Waals surface area contributed by atoms with Crippen molar-refractivity contribution in [3.05, 3.63) is 115 Å². The molecule has 0 spiro atoms. The molecular weight excluding hydrogens is 539 g/mol. The van der Waals surface area contributed by atoms with Gasteiger partial charge in [0.25, 0.3) is 5.69 Å². The van der Waals surface area contributed by atoms with Crippen LogP contribution in [0.15, 0.2) is 88.9 Å². The number of hydrogen-bond donors (Lipinski definition) is 0. The van der Waals surface area contributed by atoms with Gasteiger partial charge >= 0.3 is 0 Å². The number of thiazole rings is 1. The lowest BCUT2D eigenvalue weighted by molar-refractivity contribution is -0.384. The van der Waals surface area contributed by atoms with Crippen LogP contribution < -0.4 is 5.01 Å². The first-order valence-electron chi connectivity index (χ1n) is 12.3. The van der Waals surface area contributed by atoms with Crippen LogP contribution in [0.25, 0.3) is 17.3 Å². The van der Waals surface area contributed by atoms with Crippen molar-refractivity contribution in [2.24, 2.45) is 11.0 Å². The number of benzene rings is 3. The smallest absolute Gasteiger partial charge is 0.258 e. The van der Waals surface area contributed by atoms with E-state index in [1.54, 1.807) is 12.1 Å². The predicted molar refractivity (Wildman–Crippen MR) is 155 cm³/mol. The first kappa shape index (κ1) is 24.8. The van der Waals surface area contributed by atoms with Crippen LogP contribution in [0.1, 0.15) is 36.4 Å². The van der Waals surface area contributed by atoms with Gasteiger partial charge in [0.1, 0.15) is 0 Å². The highest BCUT2D eigenvalue weighted by molar-refractivity contribution is 7.14. The van der Waals surface area contributed by atoms with Gasteiger partial charge in [0.15, 0.2) is 0 Å². The number of anilines is 1. The highest BCUT2D eigenvalue weighted by Gasteiger charge is 2.42. The van der Waals surface area contributed by atoms with E-state index < -0.39 is 4.92 Å². The summed E-state index contributed by atoms with van der Waals surface area (Å²) in [6.45, 7) is 0. The third-order valence-electron chi connectivity index (χ3n) is 6.99. The number of aromatic nitrogens is 1. The molecule has 0 N–H and O–H groups in total. The van der Waals surface area contributed by atoms with E-state index in [4.69, 9.17) is 33.3 Å². The minimum Gasteiger partial charge on any atom is -0.258 e. The molecule has 0 unspecified atom stereocenters. The molecule has 9 heteroatoms. The van der Waals surface area contributed by atoms with E-state index in [0.29, 0.717) is 10.0 Å². The zero-order valence-corrected chi connectivity index (χ0v) is 22.5. The molecule has 1 fully saturated rings. The Kier molecular flexibility index (Phi) is 6.74. The molecule has 2 heterocycles. The Morgan fingerprint density at radius 3 is 2.34 bits per heavy atom. The molecule has 190 valence electrons. The van der Waals surface area contributed by atoms with Crippen molar-refractivity contribution >= 4 is 57.1 Å². The summed E-state index contributed by atoms with van der Waals surface area (Å²) in [5.41, 5.74) is 6.22. The lowest BCUT2D eigenvalue weighted by Gasteiger charge is -2.29. The summed E-state index contributed by atoms with van der Waals surface area (Å²) in [6.07, 6.45) is 5.28. The number of nitro benzene ring substituents is 1. The lowest BCUT2D eigenvalue weighted by atomic mass is 9.77. The van der Waals surface area contributed by atoms with Gasteiger partial charge in [0.2, 0.25) is 5.13 Å². The van der Waals surface area contributed by atoms with Crippen molar-refractivity contribution in [2.75, 3.05) is 5.01 Å². The van der Waals surface area contributed by atoms with Gasteiger partial charge in [-0.1, -0.05) is 47.5 Å². The molecule has 6 rings (SSSR count). The maximum absolute atomic E-state index is 11.1. The molecule has 6 nitrogen and oxygen atoms in total. The average molecular weight is 561 g/mol. The first-order chi connectivity index (χ1) is 18.5. The van der Waals surface area contributed by atoms with Crippen LogP contribution in [0.2, 0.25) is 10.0 Å². The van der Waals surface area contributed by atoms with Gasteiger partial charge in [-0.15, -0.1) is 11.3 Å². The van der Waals surface area contributed by atoms with E-state index in [1.165, 1.54) is 29.0 Å². The van der Waals surface area contributed by atoms with E-state index in [9.17, 15) is 10.1 Å². The van der Waals surface area contributed by atoms with Gasteiger partial charge in [-0.2, -0.15) is 5.10 Å². The molecule has 1 saturated carbocycles. The number of non-ortho nitro benzene ring substituents is 1. The third-order valence-corrected chi connectivity index (χ3v) is 8.32. The molecule has 1 aliphatic heterocycles. The predicted octanol–water partition coefficient (Wildman–Crippen LogP) is 8.83. The Balaban J connectivity index is 1.39. The van der Waals surface area contributed by atoms with Crippen molar-refractivity contribution in [3.8, 4) is 11.3 Å². The number of nitro groups is 1. The maximum Gasteiger partial charge on any atom is 0.269 e. The van der Waals surface area contributed by atoms with Crippen molar-refractivity contribution in [3.63, 3.8) is 0 Å². The molecule has 0 amide bonds. The Hall–Kier alpha value is -3.52. The number of allylic oxidation sites excluding steroid dienone is 1. The van der Waals surface area contributed by atoms with Gasteiger partial charge in [0.05, 0.1) is 22.4 Å². The second-order valence-corrected chi connectivity index (χ2v) is 11.1. The van der Waals surface area contributed by atoms with Gasteiger partial charge in [-0.3, -0.25) is 10.1 Å². The van der Waals surface area contributed by atoms with Crippen LogP contribution in [-0.2, 0) is 0 Å². The van der Waals surface area contributed by atoms with Crippen LogP contribution >= 0.6 is 34.5 Å². The Morgan fingerprint density at radius 1 is 0.974 bits per heavy atom. The van der Waals surface area contributed by atoms with Crippen molar-refractivity contribution < 1.29 is 4.92 Å². The van der Waals surface area contributed by atoms with Crippen LogP contribution in [0, 0.1) is 16.0 Å². The molecule has 38 heavy (non-hydrogen) atoms. The maximum atomic E-state index is 11.1. The highest BCUT2D eigenvalue weighted by atomic mass is 35.5. The number of nitrogens with zero attached hydrogens (tertiary/aromatic N) is 4. The van der Waals surface area contributed by atoms with Crippen LogP contribution in [0.4, 0.5) is 10.8 Å². The second kappa shape index (κ2) is 10.3. The van der Waals surface area contributed by atoms with Gasteiger partial charge in [-0.05, 0) is 78.4 Å². The van der Waals surface area contributed by atoms with Crippen molar-refractivity contribution in [1.29, 1.82) is 0 Å². The average Bonchev–Trinajstić information content (AvgIpc) is 3.57. The Morgan fingerprint density at radius 2 is 1.66 bits per heavy atom. The van der Waals surface area contributed by atoms with E-state index in [1.807, 2.05) is 46.8 Å². The molecule has 0 bridgehead atoms. The first-order valence-corrected chi connectivity index (χ1v) is 13.9. The number of fused-ring (bicyclic) bond motifs is 1. The monoisotopic (exact) mass is 560 g/mol. The van der Waals surface area contributed by atoms with Gasteiger partial charge in [0, 0.05) is 39.0 Å². The minimum atomic E-state index is -0.399. The number of rotatable bonds is 5. The molecule has 0 radical (unpaired) electrons. The molecule has 1 aliphatic carbocycles. The molecule has 4 aromatic rings. The van der Waals surface area contributed by atoms with Crippen LogP contribution in [0.5, 0.6) is 0 Å². The summed E-state index contributed by atoms with van der Waals surface area (Å²) >= 11 is 13.8. The summed E-state index contributed by atoms with van der Waals surface area (Å²) in [5, 5.41) is 22.4. The zero-order valence-electron chi connectivity index (χ0n) is 20.1. The molecule has 2 aliphatic rings. The van der Waals surface area contributed by atoms with Crippen molar-refractivity contribution in [1.82, 2.24) is 4.98 Å². The Bertz CT molecular complexity index is 1550. The van der Waals surface area contributed by atoms with Crippen LogP contribution in [0.3, 0.4) is 0 Å². The number of hydrazone groups is 1. The summed E-state index contributed by atoms with van der Waals surface area (Å²) in [4.78, 5) is 15.6. The quantitative estimate of drug-likeness (QED) is 0.180. The molecule has 0 saturated heterocycles. The van der Waals surface area contributed by atoms with Gasteiger partial charge in [-0.25, -0.2) is 9.99 Å². The second-order valence-electron chi connectivity index (χ2n) is 9.37. The third kappa shape index (κ3) is 4.85. The largest absolute Gasteiger partial charge is 0.269 e. The van der Waals surface area contributed by atoms with E-state index in [0.717, 1.165) is 52.5 Å². The van der Waals surface area contributed by atoms with Crippen LogP contribution in [-0.4, -0.2) is 15.6 Å². The summed E-state index contributed by atoms with van der Waals surface area (Å²) in [6, 6.07) is 22.3. The Labute approximate surface area is 234 Å². The zero-order chi connectivity index (χ0) is 26.2. The minimum absolute atomic E-state index is 0.00737. The van der Waals surface area contributed by atoms with E-state index >= 15 is 0 Å². The number of hydrogen-bond acceptors (Lipinski definition) is 6. The summed E-state index contributed by atoms with van der Waals surface area (Å²) < 4.78 is 0. The molecule has 1 aromatic heterocycles. The fourth-order valence-electron chi connectivity index (χ4n) is 5.17. The van der Waals surface area contributed by atoms with Crippen molar-refractivity contribution in [2.45, 2.75) is 25.3 Å². The molecule has 3 aromatic carbocycles. The standard InChI is InChI=1S/C29H22Cl2N4O2S/c30-22-10-4-18(5-11-22)16-21-2-1-3-25-27(21)33-34(28(25)20-6-12-23(31)13-7-20)29-32-26(17-38-29)19-8-14-24(15-9-19)35(36)37/h4-17,25,28H,1-3H2/b21-16+/t25-,28-/m0/s1. The molecular formula is C29H22Cl2N4O2S. The topological polar surface area (TPSA) is 71.6 Å². The fourth-order valence-corrected chi connectivity index (χ4v) is 6.24. The normalized spacial score (nSPS) is 19.9. The highest BCUT2D eigenvalue weighted by Crippen LogP contribution is 2.47. The van der Waals surface area contributed by atoms with E-state index in [-0.39, 0.29) is 17.6 Å². The fraction of sp³-hybridized carbons (Fsp3) is 0.172. The number of halogens is 2. The summed E-state index contributed by atoms with van der Waals surface area (Å²) in [5.74, 6) is 0.218. The lowest BCUT2D eigenvalue weighted by Crippen LogP contribution is -2.28. The van der Waals surface area contributed by atoms with E-state index in [2.05, 4.69) is 18.2 Å². The summed E-state index contributed by atoms with van der Waals surface area (Å²) in [7, 11) is 0.